The van der Waals surface area contributed by atoms with E-state index in [4.69, 9.17) is 11.6 Å². The quantitative estimate of drug-likeness (QED) is 0.866. The van der Waals surface area contributed by atoms with Gasteiger partial charge in [-0.3, -0.25) is 14.4 Å². The number of anilines is 1. The van der Waals surface area contributed by atoms with Crippen molar-refractivity contribution in [3.63, 3.8) is 0 Å². The van der Waals surface area contributed by atoms with Crippen LogP contribution >= 0.6 is 23.4 Å². The standard InChI is InChI=1S/C14H16ClN3O3S/c1-18(2)13(20)7-16-12(19)6-11-14(21)17-9-5-8(15)3-4-10(9)22-11/h3-5,11H,6-7H2,1-2H3,(H,16,19)(H,17,21). The Morgan fingerprint density at radius 1 is 1.41 bits per heavy atom. The van der Waals surface area contributed by atoms with Gasteiger partial charge in [0.1, 0.15) is 0 Å². The van der Waals surface area contributed by atoms with Gasteiger partial charge in [0.2, 0.25) is 17.7 Å². The molecular formula is C14H16ClN3O3S. The molecule has 1 aliphatic rings. The Kier molecular flexibility index (Phi) is 5.31. The van der Waals surface area contributed by atoms with Crippen LogP contribution in [0.2, 0.25) is 5.02 Å². The number of likely N-dealkylation sites (N-methyl/N-ethyl adjacent to an activating group) is 1. The van der Waals surface area contributed by atoms with Gasteiger partial charge >= 0.3 is 0 Å². The Hall–Kier alpha value is -1.73. The Labute approximate surface area is 137 Å². The molecule has 6 nitrogen and oxygen atoms in total. The zero-order chi connectivity index (χ0) is 16.3. The average Bonchev–Trinajstić information content (AvgIpc) is 2.45. The number of hydrogen-bond donors (Lipinski definition) is 2. The van der Waals surface area contributed by atoms with E-state index in [0.717, 1.165) is 4.90 Å². The number of carbonyl (C=O) groups excluding carboxylic acids is 3. The number of benzene rings is 1. The minimum atomic E-state index is -0.525. The summed E-state index contributed by atoms with van der Waals surface area (Å²) in [6.45, 7) is -0.0724. The Bertz CT molecular complexity index is 621. The van der Waals surface area contributed by atoms with Crippen molar-refractivity contribution in [3.8, 4) is 0 Å². The van der Waals surface area contributed by atoms with Crippen LogP contribution in [0.5, 0.6) is 0 Å². The summed E-state index contributed by atoms with van der Waals surface area (Å²) in [5.74, 6) is -0.775. The molecule has 0 saturated carbocycles. The lowest BCUT2D eigenvalue weighted by Crippen LogP contribution is -2.39. The molecule has 0 aliphatic carbocycles. The molecule has 2 N–H and O–H groups in total. The fourth-order valence-corrected chi connectivity index (χ4v) is 3.09. The maximum absolute atomic E-state index is 12.0. The molecule has 0 fully saturated rings. The van der Waals surface area contributed by atoms with Crippen LogP contribution < -0.4 is 10.6 Å². The van der Waals surface area contributed by atoms with Crippen LogP contribution in [0.4, 0.5) is 5.69 Å². The highest BCUT2D eigenvalue weighted by Crippen LogP contribution is 2.38. The molecule has 1 aromatic rings. The molecule has 22 heavy (non-hydrogen) atoms. The van der Waals surface area contributed by atoms with E-state index >= 15 is 0 Å². The topological polar surface area (TPSA) is 78.5 Å². The van der Waals surface area contributed by atoms with E-state index in [2.05, 4.69) is 10.6 Å². The van der Waals surface area contributed by atoms with Crippen molar-refractivity contribution in [1.29, 1.82) is 0 Å². The third-order valence-corrected chi connectivity index (χ3v) is 4.58. The highest BCUT2D eigenvalue weighted by Gasteiger charge is 2.29. The Balaban J connectivity index is 1.93. The number of carbonyl (C=O) groups is 3. The van der Waals surface area contributed by atoms with E-state index in [0.29, 0.717) is 10.7 Å². The van der Waals surface area contributed by atoms with Gasteiger partial charge in [0.25, 0.3) is 0 Å². The van der Waals surface area contributed by atoms with Crippen LogP contribution in [-0.2, 0) is 14.4 Å². The molecule has 0 aromatic heterocycles. The maximum Gasteiger partial charge on any atom is 0.241 e. The summed E-state index contributed by atoms with van der Waals surface area (Å²) in [4.78, 5) is 37.5. The van der Waals surface area contributed by atoms with Crippen molar-refractivity contribution in [3.05, 3.63) is 23.2 Å². The predicted molar refractivity (Wildman–Crippen MR) is 86.0 cm³/mol. The lowest BCUT2D eigenvalue weighted by molar-refractivity contribution is -0.131. The summed E-state index contributed by atoms with van der Waals surface area (Å²) in [5.41, 5.74) is 0.655. The first-order valence-electron chi connectivity index (χ1n) is 6.60. The van der Waals surface area contributed by atoms with E-state index in [1.165, 1.54) is 16.7 Å². The Morgan fingerprint density at radius 2 is 2.14 bits per heavy atom. The lowest BCUT2D eigenvalue weighted by atomic mass is 10.2. The van der Waals surface area contributed by atoms with Gasteiger partial charge in [-0.15, -0.1) is 11.8 Å². The first kappa shape index (κ1) is 16.6. The van der Waals surface area contributed by atoms with Crippen LogP contribution in [0.1, 0.15) is 6.42 Å². The van der Waals surface area contributed by atoms with Gasteiger partial charge in [0, 0.05) is 30.4 Å². The molecule has 1 atom stereocenters. The largest absolute Gasteiger partial charge is 0.347 e. The molecule has 0 radical (unpaired) electrons. The molecule has 3 amide bonds. The molecular weight excluding hydrogens is 326 g/mol. The SMILES string of the molecule is CN(C)C(=O)CNC(=O)CC1Sc2ccc(Cl)cc2NC1=O. The minimum Gasteiger partial charge on any atom is -0.347 e. The van der Waals surface area contributed by atoms with E-state index in [9.17, 15) is 14.4 Å². The van der Waals surface area contributed by atoms with Gasteiger partial charge in [-0.25, -0.2) is 0 Å². The highest BCUT2D eigenvalue weighted by molar-refractivity contribution is 8.01. The van der Waals surface area contributed by atoms with E-state index in [-0.39, 0.29) is 30.7 Å². The van der Waals surface area contributed by atoms with Crippen molar-refractivity contribution >= 4 is 46.8 Å². The van der Waals surface area contributed by atoms with Crippen molar-refractivity contribution < 1.29 is 14.4 Å². The molecule has 0 spiro atoms. The average molecular weight is 342 g/mol. The fourth-order valence-electron chi connectivity index (χ4n) is 1.83. The lowest BCUT2D eigenvalue weighted by Gasteiger charge is -2.23. The molecule has 1 heterocycles. The van der Waals surface area contributed by atoms with E-state index in [1.807, 2.05) is 6.07 Å². The summed E-state index contributed by atoms with van der Waals surface area (Å²) in [6, 6.07) is 5.22. The van der Waals surface area contributed by atoms with Crippen LogP contribution in [0.25, 0.3) is 0 Å². The molecule has 8 heteroatoms. The zero-order valence-corrected chi connectivity index (χ0v) is 13.8. The summed E-state index contributed by atoms with van der Waals surface area (Å²) >= 11 is 7.20. The first-order valence-corrected chi connectivity index (χ1v) is 7.86. The van der Waals surface area contributed by atoms with Gasteiger partial charge in [0.05, 0.1) is 17.5 Å². The zero-order valence-electron chi connectivity index (χ0n) is 12.2. The maximum atomic E-state index is 12.0. The number of nitrogens with one attached hydrogen (secondary N) is 2. The van der Waals surface area contributed by atoms with Gasteiger partial charge in [-0.2, -0.15) is 0 Å². The monoisotopic (exact) mass is 341 g/mol. The van der Waals surface area contributed by atoms with Crippen molar-refractivity contribution in [2.24, 2.45) is 0 Å². The van der Waals surface area contributed by atoms with Crippen LogP contribution in [0.15, 0.2) is 23.1 Å². The smallest absolute Gasteiger partial charge is 0.241 e. The second-order valence-electron chi connectivity index (χ2n) is 5.01. The summed E-state index contributed by atoms with van der Waals surface area (Å²) in [6.07, 6.45) is 0.0132. The highest BCUT2D eigenvalue weighted by atomic mass is 35.5. The number of fused-ring (bicyclic) bond motifs is 1. The normalized spacial score (nSPS) is 16.5. The first-order chi connectivity index (χ1) is 10.4. The molecule has 1 unspecified atom stereocenters. The number of halogens is 1. The third kappa shape index (κ3) is 4.14. The third-order valence-electron chi connectivity index (χ3n) is 3.07. The number of nitrogens with zero attached hydrogens (tertiary/aromatic N) is 1. The van der Waals surface area contributed by atoms with Crippen molar-refractivity contribution in [2.45, 2.75) is 16.6 Å². The van der Waals surface area contributed by atoms with Gasteiger partial charge in [-0.1, -0.05) is 11.6 Å². The second kappa shape index (κ2) is 7.02. The summed E-state index contributed by atoms with van der Waals surface area (Å²) in [7, 11) is 3.22. The van der Waals surface area contributed by atoms with Crippen molar-refractivity contribution in [1.82, 2.24) is 10.2 Å². The van der Waals surface area contributed by atoms with Crippen molar-refractivity contribution in [2.75, 3.05) is 26.0 Å². The summed E-state index contributed by atoms with van der Waals surface area (Å²) < 4.78 is 0. The number of thioether (sulfide) groups is 1. The molecule has 0 bridgehead atoms. The number of hydrogen-bond acceptors (Lipinski definition) is 4. The van der Waals surface area contributed by atoms with E-state index in [1.54, 1.807) is 26.2 Å². The predicted octanol–water partition coefficient (Wildman–Crippen LogP) is 1.35. The molecule has 118 valence electrons. The number of rotatable bonds is 4. The summed E-state index contributed by atoms with van der Waals surface area (Å²) in [5, 5.41) is 5.27. The fraction of sp³-hybridized carbons (Fsp3) is 0.357. The van der Waals surface area contributed by atoms with Gasteiger partial charge in [0.15, 0.2) is 0 Å². The molecule has 1 aliphatic heterocycles. The van der Waals surface area contributed by atoms with Crippen LogP contribution in [0.3, 0.4) is 0 Å². The second-order valence-corrected chi connectivity index (χ2v) is 6.69. The molecule has 1 aromatic carbocycles. The van der Waals surface area contributed by atoms with Gasteiger partial charge < -0.3 is 15.5 Å². The van der Waals surface area contributed by atoms with Gasteiger partial charge in [-0.05, 0) is 18.2 Å². The van der Waals surface area contributed by atoms with Crippen LogP contribution in [0, 0.1) is 0 Å². The van der Waals surface area contributed by atoms with E-state index < -0.39 is 5.25 Å². The number of amides is 3. The molecule has 0 saturated heterocycles. The molecule has 2 rings (SSSR count). The Morgan fingerprint density at radius 3 is 2.82 bits per heavy atom. The minimum absolute atomic E-state index is 0.0132. The van der Waals surface area contributed by atoms with Crippen LogP contribution in [-0.4, -0.2) is 48.5 Å².